The largest absolute Gasteiger partial charge is 0.465 e. The van der Waals surface area contributed by atoms with Crippen LogP contribution in [0.3, 0.4) is 0 Å². The third-order valence-electron chi connectivity index (χ3n) is 4.16. The monoisotopic (exact) mass is 428 g/mol. The van der Waals surface area contributed by atoms with Gasteiger partial charge in [-0.2, -0.15) is 5.10 Å². The van der Waals surface area contributed by atoms with Crippen LogP contribution in [-0.4, -0.2) is 33.8 Å². The lowest BCUT2D eigenvalue weighted by atomic mass is 10.1. The first-order valence-corrected chi connectivity index (χ1v) is 8.88. The number of hydrogen-bond donors (Lipinski definition) is 1. The molecule has 3 aromatic rings. The van der Waals surface area contributed by atoms with Crippen LogP contribution in [0, 0.1) is 13.8 Å². The van der Waals surface area contributed by atoms with Gasteiger partial charge in [0.05, 0.1) is 35.8 Å². The van der Waals surface area contributed by atoms with Crippen molar-refractivity contribution < 1.29 is 14.3 Å². The Balaban J connectivity index is 1.97. The van der Waals surface area contributed by atoms with Crippen LogP contribution >= 0.6 is 15.9 Å². The van der Waals surface area contributed by atoms with E-state index in [1.165, 1.54) is 13.3 Å². The van der Waals surface area contributed by atoms with E-state index in [4.69, 9.17) is 4.74 Å². The number of amides is 1. The van der Waals surface area contributed by atoms with Crippen molar-refractivity contribution in [2.75, 3.05) is 12.4 Å². The molecule has 0 atom stereocenters. The fourth-order valence-electron chi connectivity index (χ4n) is 2.65. The third kappa shape index (κ3) is 3.61. The van der Waals surface area contributed by atoms with Crippen molar-refractivity contribution >= 4 is 33.5 Å². The molecule has 0 aliphatic rings. The maximum atomic E-state index is 12.9. The van der Waals surface area contributed by atoms with Gasteiger partial charge in [-0.15, -0.1) is 0 Å². The van der Waals surface area contributed by atoms with Gasteiger partial charge in [-0.25, -0.2) is 14.5 Å². The Kier molecular flexibility index (Phi) is 5.36. The summed E-state index contributed by atoms with van der Waals surface area (Å²) < 4.78 is 7.17. The minimum absolute atomic E-state index is 0.279. The SMILES string of the molecule is COC(=O)c1ccc(Br)c(C)c1NC(=O)c1cnn(-c2ccccn2)c1C. The first-order valence-electron chi connectivity index (χ1n) is 8.08. The van der Waals surface area contributed by atoms with Gasteiger partial charge >= 0.3 is 5.97 Å². The number of rotatable bonds is 4. The Morgan fingerprint density at radius 1 is 1.15 bits per heavy atom. The van der Waals surface area contributed by atoms with E-state index in [1.807, 2.05) is 6.07 Å². The second-order valence-electron chi connectivity index (χ2n) is 5.78. The highest BCUT2D eigenvalue weighted by Crippen LogP contribution is 2.29. The van der Waals surface area contributed by atoms with Crippen molar-refractivity contribution in [3.8, 4) is 5.82 Å². The van der Waals surface area contributed by atoms with E-state index in [2.05, 4.69) is 31.3 Å². The highest BCUT2D eigenvalue weighted by atomic mass is 79.9. The molecule has 0 aliphatic carbocycles. The molecule has 0 radical (unpaired) electrons. The van der Waals surface area contributed by atoms with E-state index >= 15 is 0 Å². The minimum atomic E-state index is -0.526. The molecule has 2 heterocycles. The lowest BCUT2D eigenvalue weighted by molar-refractivity contribution is 0.0602. The molecule has 0 saturated carbocycles. The van der Waals surface area contributed by atoms with Gasteiger partial charge in [0.15, 0.2) is 5.82 Å². The van der Waals surface area contributed by atoms with Crippen LogP contribution in [0.1, 0.15) is 32.0 Å². The maximum absolute atomic E-state index is 12.9. The first-order chi connectivity index (χ1) is 12.9. The molecule has 1 N–H and O–H groups in total. The molecule has 8 heteroatoms. The number of halogens is 1. The second kappa shape index (κ2) is 7.71. The number of anilines is 1. The van der Waals surface area contributed by atoms with Gasteiger partial charge in [0, 0.05) is 10.7 Å². The van der Waals surface area contributed by atoms with Crippen LogP contribution in [0.4, 0.5) is 5.69 Å². The molecule has 0 saturated heterocycles. The van der Waals surface area contributed by atoms with Crippen molar-refractivity contribution in [2.24, 2.45) is 0 Å². The molecule has 0 unspecified atom stereocenters. The number of aromatic nitrogens is 3. The number of ether oxygens (including phenoxy) is 1. The van der Waals surface area contributed by atoms with Gasteiger partial charge in [-0.1, -0.05) is 22.0 Å². The summed E-state index contributed by atoms with van der Waals surface area (Å²) in [4.78, 5) is 29.2. The molecule has 27 heavy (non-hydrogen) atoms. The molecule has 3 rings (SSSR count). The maximum Gasteiger partial charge on any atom is 0.339 e. The first kappa shape index (κ1) is 18.8. The summed E-state index contributed by atoms with van der Waals surface area (Å²) in [5.41, 5.74) is 2.42. The van der Waals surface area contributed by atoms with E-state index in [0.717, 1.165) is 10.0 Å². The van der Waals surface area contributed by atoms with Gasteiger partial charge in [-0.05, 0) is 43.7 Å². The zero-order chi connectivity index (χ0) is 19.6. The highest BCUT2D eigenvalue weighted by Gasteiger charge is 2.21. The van der Waals surface area contributed by atoms with E-state index in [0.29, 0.717) is 22.8 Å². The van der Waals surface area contributed by atoms with Gasteiger partial charge in [0.25, 0.3) is 5.91 Å². The van der Waals surface area contributed by atoms with Crippen molar-refractivity contribution in [3.05, 3.63) is 69.6 Å². The van der Waals surface area contributed by atoms with E-state index in [-0.39, 0.29) is 11.5 Å². The minimum Gasteiger partial charge on any atom is -0.465 e. The van der Waals surface area contributed by atoms with E-state index < -0.39 is 5.97 Å². The summed E-state index contributed by atoms with van der Waals surface area (Å²) in [6, 6.07) is 8.79. The molecule has 7 nitrogen and oxygen atoms in total. The van der Waals surface area contributed by atoms with Crippen molar-refractivity contribution in [2.45, 2.75) is 13.8 Å². The fraction of sp³-hybridized carbons (Fsp3) is 0.158. The number of carbonyl (C=O) groups excluding carboxylic acids is 2. The van der Waals surface area contributed by atoms with Crippen LogP contribution in [0.5, 0.6) is 0 Å². The van der Waals surface area contributed by atoms with Crippen LogP contribution in [0.2, 0.25) is 0 Å². The van der Waals surface area contributed by atoms with Crippen molar-refractivity contribution in [1.29, 1.82) is 0 Å². The zero-order valence-corrected chi connectivity index (χ0v) is 16.6. The summed E-state index contributed by atoms with van der Waals surface area (Å²) in [5.74, 6) is -0.286. The summed E-state index contributed by atoms with van der Waals surface area (Å²) in [6.45, 7) is 3.59. The van der Waals surface area contributed by atoms with Gasteiger partial charge in [0.1, 0.15) is 0 Å². The fourth-order valence-corrected chi connectivity index (χ4v) is 2.98. The number of nitrogens with zero attached hydrogens (tertiary/aromatic N) is 3. The normalized spacial score (nSPS) is 10.5. The molecular weight excluding hydrogens is 412 g/mol. The number of hydrogen-bond acceptors (Lipinski definition) is 5. The summed E-state index contributed by atoms with van der Waals surface area (Å²) in [7, 11) is 1.30. The Bertz CT molecular complexity index is 1020. The van der Waals surface area contributed by atoms with Crippen LogP contribution < -0.4 is 5.32 Å². The predicted molar refractivity (Wildman–Crippen MR) is 104 cm³/mol. The Morgan fingerprint density at radius 3 is 2.59 bits per heavy atom. The molecule has 2 aromatic heterocycles. The molecule has 0 aliphatic heterocycles. The Morgan fingerprint density at radius 2 is 1.93 bits per heavy atom. The van der Waals surface area contributed by atoms with Gasteiger partial charge in [0.2, 0.25) is 0 Å². The standard InChI is InChI=1S/C19H17BrN4O3/c1-11-15(20)8-7-13(19(26)27-3)17(11)23-18(25)14-10-22-24(12(14)2)16-6-4-5-9-21-16/h4-10H,1-3H3,(H,23,25). The zero-order valence-electron chi connectivity index (χ0n) is 15.0. The van der Waals surface area contributed by atoms with Crippen LogP contribution in [0.25, 0.3) is 5.82 Å². The number of nitrogens with one attached hydrogen (secondary N) is 1. The number of benzene rings is 1. The number of esters is 1. The van der Waals surface area contributed by atoms with Crippen molar-refractivity contribution in [3.63, 3.8) is 0 Å². The average molecular weight is 429 g/mol. The summed E-state index contributed by atoms with van der Waals surface area (Å²) in [5, 5.41) is 7.07. The molecular formula is C19H17BrN4O3. The van der Waals surface area contributed by atoms with Crippen LogP contribution in [0.15, 0.2) is 47.2 Å². The van der Waals surface area contributed by atoms with E-state index in [1.54, 1.807) is 49.0 Å². The van der Waals surface area contributed by atoms with Gasteiger partial charge in [-0.3, -0.25) is 4.79 Å². The number of pyridine rings is 1. The van der Waals surface area contributed by atoms with Gasteiger partial charge < -0.3 is 10.1 Å². The molecule has 0 spiro atoms. The molecule has 0 fully saturated rings. The van der Waals surface area contributed by atoms with Crippen LogP contribution in [-0.2, 0) is 4.74 Å². The lowest BCUT2D eigenvalue weighted by Gasteiger charge is -2.14. The summed E-state index contributed by atoms with van der Waals surface area (Å²) in [6.07, 6.45) is 3.13. The number of carbonyl (C=O) groups is 2. The number of methoxy groups -OCH3 is 1. The predicted octanol–water partition coefficient (Wildman–Crippen LogP) is 3.69. The van der Waals surface area contributed by atoms with E-state index in [9.17, 15) is 9.59 Å². The second-order valence-corrected chi connectivity index (χ2v) is 6.64. The quantitative estimate of drug-likeness (QED) is 0.640. The highest BCUT2D eigenvalue weighted by molar-refractivity contribution is 9.10. The topological polar surface area (TPSA) is 86.1 Å². The Hall–Kier alpha value is -3.00. The summed E-state index contributed by atoms with van der Waals surface area (Å²) >= 11 is 3.42. The Labute approximate surface area is 164 Å². The molecule has 1 aromatic carbocycles. The molecule has 1 amide bonds. The average Bonchev–Trinajstić information content (AvgIpc) is 3.07. The third-order valence-corrected chi connectivity index (χ3v) is 5.02. The smallest absolute Gasteiger partial charge is 0.339 e. The lowest BCUT2D eigenvalue weighted by Crippen LogP contribution is -2.17. The molecule has 138 valence electrons. The van der Waals surface area contributed by atoms with Crippen molar-refractivity contribution in [1.82, 2.24) is 14.8 Å². The molecule has 0 bridgehead atoms.